The summed E-state index contributed by atoms with van der Waals surface area (Å²) in [5.41, 5.74) is 5.50. The van der Waals surface area contributed by atoms with Crippen LogP contribution in [0.3, 0.4) is 0 Å². The van der Waals surface area contributed by atoms with E-state index in [4.69, 9.17) is 9.72 Å². The molecule has 0 aliphatic heterocycles. The second kappa shape index (κ2) is 10.8. The van der Waals surface area contributed by atoms with Crippen molar-refractivity contribution in [3.63, 3.8) is 0 Å². The molecule has 0 spiro atoms. The lowest BCUT2D eigenvalue weighted by Gasteiger charge is -2.08. The molecule has 2 N–H and O–H groups in total. The van der Waals surface area contributed by atoms with Gasteiger partial charge in [-0.2, -0.15) is 0 Å². The minimum Gasteiger partial charge on any atom is -0.496 e. The molecular weight excluding hydrogens is 488 g/mol. The van der Waals surface area contributed by atoms with Gasteiger partial charge in [-0.25, -0.2) is 9.97 Å². The first-order valence-corrected chi connectivity index (χ1v) is 13.2. The average molecular weight is 513 g/mol. The maximum Gasteiger partial charge on any atom is 0.239 e. The molecule has 2 aromatic heterocycles. The van der Waals surface area contributed by atoms with Crippen LogP contribution in [0.15, 0.2) is 95.5 Å². The van der Waals surface area contributed by atoms with Gasteiger partial charge < -0.3 is 15.0 Å². The topological polar surface area (TPSA) is 79.9 Å². The highest BCUT2D eigenvalue weighted by molar-refractivity contribution is 8.00. The van der Waals surface area contributed by atoms with Gasteiger partial charge in [0.05, 0.1) is 29.4 Å². The predicted octanol–water partition coefficient (Wildman–Crippen LogP) is 7.00. The summed E-state index contributed by atoms with van der Waals surface area (Å²) in [7, 11) is 1.63. The molecule has 0 fully saturated rings. The molecule has 0 radical (unpaired) electrons. The molecule has 180 valence electrons. The van der Waals surface area contributed by atoms with Gasteiger partial charge in [-0.05, 0) is 19.1 Å². The van der Waals surface area contributed by atoms with Crippen LogP contribution in [0.2, 0.25) is 0 Å². The number of methoxy groups -OCH3 is 1. The summed E-state index contributed by atoms with van der Waals surface area (Å²) in [5, 5.41) is 5.69. The number of ether oxygens (including phenoxy) is 1. The SMILES string of the molecule is COc1ccccc1-c1csc(NC(=O)C(C)Sc2nc(-c3ccccc3)c(-c3ccccc3)[nH]2)n1. The van der Waals surface area contributed by atoms with Crippen LogP contribution in [0.4, 0.5) is 5.13 Å². The summed E-state index contributed by atoms with van der Waals surface area (Å²) in [6.07, 6.45) is 0. The Bertz CT molecular complexity index is 1410. The molecule has 0 aliphatic carbocycles. The number of thioether (sulfide) groups is 1. The molecule has 3 aromatic carbocycles. The number of carbonyl (C=O) groups excluding carboxylic acids is 1. The summed E-state index contributed by atoms with van der Waals surface area (Å²) in [6, 6.07) is 27.8. The predicted molar refractivity (Wildman–Crippen MR) is 148 cm³/mol. The van der Waals surface area contributed by atoms with Crippen molar-refractivity contribution in [1.82, 2.24) is 15.0 Å². The van der Waals surface area contributed by atoms with Crippen LogP contribution in [-0.4, -0.2) is 33.2 Å². The van der Waals surface area contributed by atoms with E-state index in [9.17, 15) is 4.79 Å². The van der Waals surface area contributed by atoms with E-state index < -0.39 is 0 Å². The maximum atomic E-state index is 13.0. The molecule has 36 heavy (non-hydrogen) atoms. The number of hydrogen-bond acceptors (Lipinski definition) is 6. The van der Waals surface area contributed by atoms with E-state index >= 15 is 0 Å². The zero-order chi connectivity index (χ0) is 24.9. The first-order valence-electron chi connectivity index (χ1n) is 11.4. The molecule has 1 unspecified atom stereocenters. The van der Waals surface area contributed by atoms with E-state index in [0.29, 0.717) is 10.3 Å². The monoisotopic (exact) mass is 512 g/mol. The summed E-state index contributed by atoms with van der Waals surface area (Å²) in [5.74, 6) is 0.603. The molecule has 6 nitrogen and oxygen atoms in total. The Hall–Kier alpha value is -3.88. The Morgan fingerprint density at radius 1 is 0.944 bits per heavy atom. The fourth-order valence-electron chi connectivity index (χ4n) is 3.77. The number of nitrogens with zero attached hydrogens (tertiary/aromatic N) is 2. The Morgan fingerprint density at radius 2 is 1.61 bits per heavy atom. The quantitative estimate of drug-likeness (QED) is 0.219. The standard InChI is InChI=1S/C28H24N4O2S2/c1-18(26(33)32-27-29-22(17-35-27)21-15-9-10-16-23(21)34-2)36-28-30-24(19-11-5-3-6-12-19)25(31-28)20-13-7-4-8-14-20/h3-18H,1-2H3,(H,30,31)(H,29,32,33). The number of H-pyrrole nitrogens is 1. The first kappa shape index (κ1) is 23.8. The second-order valence-electron chi connectivity index (χ2n) is 7.99. The van der Waals surface area contributed by atoms with Crippen LogP contribution >= 0.6 is 23.1 Å². The lowest BCUT2D eigenvalue weighted by atomic mass is 10.1. The zero-order valence-corrected chi connectivity index (χ0v) is 21.4. The Balaban J connectivity index is 1.33. The largest absolute Gasteiger partial charge is 0.496 e. The van der Waals surface area contributed by atoms with E-state index in [1.165, 1.54) is 23.1 Å². The number of aromatic amines is 1. The molecule has 1 amide bonds. The van der Waals surface area contributed by atoms with E-state index in [1.807, 2.05) is 97.2 Å². The van der Waals surface area contributed by atoms with Crippen molar-refractivity contribution in [2.24, 2.45) is 0 Å². The van der Waals surface area contributed by atoms with Gasteiger partial charge in [0.1, 0.15) is 5.75 Å². The fourth-order valence-corrected chi connectivity index (χ4v) is 5.28. The lowest BCUT2D eigenvalue weighted by Crippen LogP contribution is -2.22. The minimum absolute atomic E-state index is 0.139. The third kappa shape index (κ3) is 5.19. The number of rotatable bonds is 8. The second-order valence-corrected chi connectivity index (χ2v) is 10.2. The van der Waals surface area contributed by atoms with Crippen molar-refractivity contribution in [3.8, 4) is 39.5 Å². The van der Waals surface area contributed by atoms with Crippen molar-refractivity contribution in [2.75, 3.05) is 12.4 Å². The normalized spacial score (nSPS) is 11.7. The van der Waals surface area contributed by atoms with Crippen LogP contribution in [-0.2, 0) is 4.79 Å². The van der Waals surface area contributed by atoms with Crippen molar-refractivity contribution < 1.29 is 9.53 Å². The number of amides is 1. The van der Waals surface area contributed by atoms with Crippen LogP contribution < -0.4 is 10.1 Å². The molecule has 1 atom stereocenters. The van der Waals surface area contributed by atoms with Crippen LogP contribution in [0.1, 0.15) is 6.92 Å². The van der Waals surface area contributed by atoms with E-state index in [1.54, 1.807) is 7.11 Å². The summed E-state index contributed by atoms with van der Waals surface area (Å²) in [6.45, 7) is 1.86. The van der Waals surface area contributed by atoms with E-state index in [-0.39, 0.29) is 11.2 Å². The van der Waals surface area contributed by atoms with Crippen LogP contribution in [0.5, 0.6) is 5.75 Å². The highest BCUT2D eigenvalue weighted by atomic mass is 32.2. The van der Waals surface area contributed by atoms with Crippen LogP contribution in [0, 0.1) is 0 Å². The van der Waals surface area contributed by atoms with E-state index in [0.717, 1.165) is 39.5 Å². The number of carbonyl (C=O) groups is 1. The molecule has 0 saturated carbocycles. The van der Waals surface area contributed by atoms with Gasteiger partial charge in [0, 0.05) is 22.1 Å². The van der Waals surface area contributed by atoms with E-state index in [2.05, 4.69) is 15.3 Å². The van der Waals surface area contributed by atoms with Gasteiger partial charge >= 0.3 is 0 Å². The molecular formula is C28H24N4O2S2. The van der Waals surface area contributed by atoms with Gasteiger partial charge in [0.15, 0.2) is 10.3 Å². The third-order valence-corrected chi connectivity index (χ3v) is 7.31. The molecule has 2 heterocycles. The zero-order valence-electron chi connectivity index (χ0n) is 19.8. The van der Waals surface area contributed by atoms with Crippen molar-refractivity contribution >= 4 is 34.1 Å². The average Bonchev–Trinajstić information content (AvgIpc) is 3.57. The van der Waals surface area contributed by atoms with Gasteiger partial charge in [-0.3, -0.25) is 4.79 Å². The first-order chi connectivity index (χ1) is 17.6. The molecule has 0 aliphatic rings. The number of hydrogen-bond donors (Lipinski definition) is 2. The van der Waals surface area contributed by atoms with Crippen molar-refractivity contribution in [3.05, 3.63) is 90.3 Å². The number of imidazole rings is 1. The Labute approximate surface area is 217 Å². The summed E-state index contributed by atoms with van der Waals surface area (Å²) < 4.78 is 5.43. The van der Waals surface area contributed by atoms with Crippen molar-refractivity contribution in [1.29, 1.82) is 0 Å². The maximum absolute atomic E-state index is 13.0. The van der Waals surface area contributed by atoms with Crippen LogP contribution in [0.25, 0.3) is 33.8 Å². The van der Waals surface area contributed by atoms with Gasteiger partial charge in [0.2, 0.25) is 5.91 Å². The highest BCUT2D eigenvalue weighted by Crippen LogP contribution is 2.35. The van der Waals surface area contributed by atoms with Gasteiger partial charge in [0.25, 0.3) is 0 Å². The lowest BCUT2D eigenvalue weighted by molar-refractivity contribution is -0.115. The number of nitrogens with one attached hydrogen (secondary N) is 2. The van der Waals surface area contributed by atoms with Gasteiger partial charge in [-0.1, -0.05) is 84.6 Å². The summed E-state index contributed by atoms with van der Waals surface area (Å²) in [4.78, 5) is 25.9. The smallest absolute Gasteiger partial charge is 0.239 e. The number of para-hydroxylation sites is 1. The fraction of sp³-hybridized carbons (Fsp3) is 0.107. The van der Waals surface area contributed by atoms with Gasteiger partial charge in [-0.15, -0.1) is 11.3 Å². The Kier molecular flexibility index (Phi) is 7.16. The molecule has 8 heteroatoms. The number of anilines is 1. The summed E-state index contributed by atoms with van der Waals surface area (Å²) >= 11 is 2.77. The Morgan fingerprint density at radius 3 is 2.33 bits per heavy atom. The molecule has 5 rings (SSSR count). The minimum atomic E-state index is -0.387. The highest BCUT2D eigenvalue weighted by Gasteiger charge is 2.21. The number of benzene rings is 3. The van der Waals surface area contributed by atoms with Crippen molar-refractivity contribution in [2.45, 2.75) is 17.3 Å². The third-order valence-electron chi connectivity index (χ3n) is 5.57. The number of aromatic nitrogens is 3. The number of thiazole rings is 1. The molecule has 5 aromatic rings. The molecule has 0 bridgehead atoms. The molecule has 0 saturated heterocycles.